The van der Waals surface area contributed by atoms with E-state index in [1.807, 2.05) is 6.26 Å². The van der Waals surface area contributed by atoms with Crippen LogP contribution in [-0.2, 0) is 0 Å². The van der Waals surface area contributed by atoms with Crippen molar-refractivity contribution in [2.24, 2.45) is 0 Å². The highest BCUT2D eigenvalue weighted by atomic mass is 16.3. The molecule has 10 aromatic rings. The van der Waals surface area contributed by atoms with Crippen molar-refractivity contribution in [3.63, 3.8) is 0 Å². The van der Waals surface area contributed by atoms with E-state index in [0.717, 1.165) is 39.3 Å². The highest BCUT2D eigenvalue weighted by Gasteiger charge is 2.46. The van der Waals surface area contributed by atoms with Crippen molar-refractivity contribution in [2.45, 2.75) is 69.2 Å². The van der Waals surface area contributed by atoms with E-state index >= 15 is 0 Å². The van der Waals surface area contributed by atoms with Gasteiger partial charge in [0.25, 0.3) is 0 Å². The molecule has 2 aliphatic heterocycles. The van der Waals surface area contributed by atoms with Gasteiger partial charge in [-0.2, -0.15) is 0 Å². The monoisotopic (exact) mass is 904 g/mol. The number of anilines is 5. The fourth-order valence-electron chi connectivity index (χ4n) is 12.7. The molecule has 0 bridgehead atoms. The van der Waals surface area contributed by atoms with Crippen LogP contribution >= 0.6 is 0 Å². The zero-order valence-corrected chi connectivity index (χ0v) is 42.0. The molecule has 0 fully saturated rings. The van der Waals surface area contributed by atoms with Crippen molar-refractivity contribution < 1.29 is 4.42 Å². The molecule has 1 aromatic heterocycles. The average molecular weight is 905 g/mol. The number of benzene rings is 9. The van der Waals surface area contributed by atoms with Gasteiger partial charge in [-0.1, -0.05) is 114 Å². The van der Waals surface area contributed by atoms with E-state index in [9.17, 15) is 0 Å². The van der Waals surface area contributed by atoms with E-state index in [1.54, 1.807) is 0 Å². The van der Waals surface area contributed by atoms with Gasteiger partial charge in [0, 0.05) is 45.0 Å². The molecule has 0 spiro atoms. The molecule has 0 saturated heterocycles. The van der Waals surface area contributed by atoms with Gasteiger partial charge >= 0.3 is 6.85 Å². The molecule has 0 amide bonds. The first-order valence-corrected chi connectivity index (χ1v) is 24.8. The van der Waals surface area contributed by atoms with Crippen molar-refractivity contribution >= 4 is 57.2 Å². The number of aryl methyl sites for hydroxylation is 10. The lowest BCUT2D eigenvalue weighted by atomic mass is 9.43. The van der Waals surface area contributed by atoms with Crippen LogP contribution in [0.3, 0.4) is 0 Å². The summed E-state index contributed by atoms with van der Waals surface area (Å²) in [6.45, 7) is 22.1. The predicted molar refractivity (Wildman–Crippen MR) is 299 cm³/mol. The second-order valence-corrected chi connectivity index (χ2v) is 20.3. The van der Waals surface area contributed by atoms with E-state index in [-0.39, 0.29) is 6.85 Å². The number of furan rings is 1. The van der Waals surface area contributed by atoms with E-state index < -0.39 is 0 Å². The van der Waals surface area contributed by atoms with Gasteiger partial charge in [0.1, 0.15) is 5.58 Å². The maximum absolute atomic E-state index is 6.69. The third-order valence-electron chi connectivity index (χ3n) is 15.4. The average Bonchev–Trinajstić information content (AvgIpc) is 3.80. The fourth-order valence-corrected chi connectivity index (χ4v) is 12.7. The van der Waals surface area contributed by atoms with Crippen LogP contribution in [0.25, 0.3) is 66.6 Å². The van der Waals surface area contributed by atoms with E-state index in [4.69, 9.17) is 4.42 Å². The summed E-state index contributed by atoms with van der Waals surface area (Å²) in [5.74, 6) is 0. The Kier molecular flexibility index (Phi) is 10.2. The molecule has 340 valence electrons. The Morgan fingerprint density at radius 3 is 1.39 bits per heavy atom. The van der Waals surface area contributed by atoms with Gasteiger partial charge in [0.05, 0.1) is 6.26 Å². The van der Waals surface area contributed by atoms with Gasteiger partial charge in [-0.05, 0) is 224 Å². The number of hydrogen-bond donors (Lipinski definition) is 0. The Labute approximate surface area is 413 Å². The quantitative estimate of drug-likeness (QED) is 0.155. The fraction of sp³-hybridized carbons (Fsp3) is 0.152. The van der Waals surface area contributed by atoms with Gasteiger partial charge in [0.15, 0.2) is 0 Å². The predicted octanol–water partition coefficient (Wildman–Crippen LogP) is 16.9. The molecule has 0 aliphatic carbocycles. The van der Waals surface area contributed by atoms with E-state index in [1.165, 1.54) is 122 Å². The smallest absolute Gasteiger partial charge is 0.333 e. The topological polar surface area (TPSA) is 19.6 Å². The van der Waals surface area contributed by atoms with Crippen LogP contribution in [0.1, 0.15) is 55.6 Å². The van der Waals surface area contributed by atoms with E-state index in [0.29, 0.717) is 0 Å². The summed E-state index contributed by atoms with van der Waals surface area (Å²) >= 11 is 0. The summed E-state index contributed by atoms with van der Waals surface area (Å²) < 4.78 is 6.69. The van der Waals surface area contributed by atoms with Crippen LogP contribution in [0.15, 0.2) is 168 Å². The first kappa shape index (κ1) is 43.5. The van der Waals surface area contributed by atoms with Crippen LogP contribution in [0, 0.1) is 69.2 Å². The highest BCUT2D eigenvalue weighted by Crippen LogP contribution is 2.51. The molecule has 9 aromatic carbocycles. The first-order chi connectivity index (χ1) is 33.8. The SMILES string of the molecule is Cc1cc(C)c(-c2ccc(N3B4c5cc(-c6c(C)cccc6C)ccc5N(c5ccc(-c6c(C)cccc6C)cc5)c5cc6ccoc6c(c54)-c4cc(-c5c(C)cc(C)cc5C)ccc43)cc2)c(C)c1. The third kappa shape index (κ3) is 6.79. The molecule has 0 unspecified atom stereocenters. The molecular weight excluding hydrogens is 848 g/mol. The molecule has 0 radical (unpaired) electrons. The van der Waals surface area contributed by atoms with Crippen molar-refractivity contribution in [2.75, 3.05) is 9.71 Å². The number of rotatable bonds is 6. The van der Waals surface area contributed by atoms with Crippen LogP contribution in [-0.4, -0.2) is 6.85 Å². The molecule has 3 heterocycles. The minimum absolute atomic E-state index is 0.196. The van der Waals surface area contributed by atoms with Gasteiger partial charge in [-0.3, -0.25) is 0 Å². The van der Waals surface area contributed by atoms with Crippen LogP contribution in [0.5, 0.6) is 0 Å². The Bertz CT molecular complexity index is 3690. The Morgan fingerprint density at radius 2 is 0.829 bits per heavy atom. The zero-order chi connectivity index (χ0) is 48.3. The minimum atomic E-state index is -0.196. The molecule has 0 saturated carbocycles. The molecule has 2 aliphatic rings. The normalized spacial score (nSPS) is 12.6. The van der Waals surface area contributed by atoms with Crippen molar-refractivity contribution in [1.82, 2.24) is 0 Å². The Balaban J connectivity index is 1.16. The van der Waals surface area contributed by atoms with Crippen LogP contribution < -0.4 is 20.6 Å². The summed E-state index contributed by atoms with van der Waals surface area (Å²) in [4.78, 5) is 5.15. The van der Waals surface area contributed by atoms with Crippen LogP contribution in [0.4, 0.5) is 28.4 Å². The molecule has 3 nitrogen and oxygen atoms in total. The summed E-state index contributed by atoms with van der Waals surface area (Å²) in [6.07, 6.45) is 1.87. The van der Waals surface area contributed by atoms with Crippen molar-refractivity contribution in [1.29, 1.82) is 0 Å². The van der Waals surface area contributed by atoms with Gasteiger partial charge in [0.2, 0.25) is 0 Å². The summed E-state index contributed by atoms with van der Waals surface area (Å²) in [5, 5.41) is 1.08. The second-order valence-electron chi connectivity index (χ2n) is 20.3. The maximum atomic E-state index is 6.69. The number of fused-ring (bicyclic) bond motifs is 6. The summed E-state index contributed by atoms with van der Waals surface area (Å²) in [5.41, 5.74) is 34.3. The Morgan fingerprint density at radius 1 is 0.371 bits per heavy atom. The van der Waals surface area contributed by atoms with Gasteiger partial charge < -0.3 is 14.1 Å². The molecule has 0 N–H and O–H groups in total. The lowest BCUT2D eigenvalue weighted by molar-refractivity contribution is 0.617. The third-order valence-corrected chi connectivity index (χ3v) is 15.4. The highest BCUT2D eigenvalue weighted by molar-refractivity contribution is 6.94. The molecule has 70 heavy (non-hydrogen) atoms. The first-order valence-electron chi connectivity index (χ1n) is 24.8. The molecule has 4 heteroatoms. The van der Waals surface area contributed by atoms with Crippen molar-refractivity contribution in [3.05, 3.63) is 220 Å². The van der Waals surface area contributed by atoms with E-state index in [2.05, 4.69) is 237 Å². The summed E-state index contributed by atoms with van der Waals surface area (Å²) in [6, 6.07) is 60.0. The van der Waals surface area contributed by atoms with Gasteiger partial charge in [-0.15, -0.1) is 0 Å². The Hall–Kier alpha value is -7.82. The largest absolute Gasteiger partial charge is 0.464 e. The van der Waals surface area contributed by atoms with Gasteiger partial charge in [-0.25, -0.2) is 0 Å². The number of nitrogens with zero attached hydrogens (tertiary/aromatic N) is 2. The summed E-state index contributed by atoms with van der Waals surface area (Å²) in [7, 11) is 0. The van der Waals surface area contributed by atoms with Crippen molar-refractivity contribution in [3.8, 4) is 55.6 Å². The molecule has 12 rings (SSSR count). The molecule has 0 atom stereocenters. The lowest BCUT2D eigenvalue weighted by Crippen LogP contribution is -2.61. The zero-order valence-electron chi connectivity index (χ0n) is 42.0. The minimum Gasteiger partial charge on any atom is -0.464 e. The lowest BCUT2D eigenvalue weighted by Gasteiger charge is -2.46. The second kappa shape index (κ2) is 16.4. The number of hydrogen-bond acceptors (Lipinski definition) is 3. The maximum Gasteiger partial charge on any atom is 0.333 e. The molecular formula is C66H57BN2O. The standard InChI is InChI=1S/C66H57BN2O/c1-38-31-44(7)62(45(8)32-38)49-19-25-54(26-20-49)69-57-27-21-50(63-46(9)33-39(2)34-47(63)10)35-55(57)64-65-59(37-52-29-30-70-66(52)64)68(53-23-17-48(18-24-53)60-40(3)13-11-14-41(60)4)58-28-22-51(36-56(58)67(65)69)61-42(5)15-12-16-43(61)6/h11-37H,1-10H3. The van der Waals surface area contributed by atoms with Crippen LogP contribution in [0.2, 0.25) is 0 Å².